The molecular weight excluding hydrogens is 414 g/mol. The normalized spacial score (nSPS) is 12.5. The summed E-state index contributed by atoms with van der Waals surface area (Å²) in [5.74, 6) is 1.88. The third-order valence-corrected chi connectivity index (χ3v) is 6.74. The van der Waals surface area contributed by atoms with Crippen LogP contribution in [-0.4, -0.2) is 24.7 Å². The van der Waals surface area contributed by atoms with Crippen molar-refractivity contribution in [2.45, 2.75) is 36.2 Å². The Bertz CT molecular complexity index is 1040. The van der Waals surface area contributed by atoms with Crippen molar-refractivity contribution in [2.75, 3.05) is 10.0 Å². The standard InChI is InChI=1S/C19H21N3O5S2/c1-3-17(28-12-15-5-4-10-26-15)19(23)20-14-6-8-16(9-7-14)29(24,25)22-18-11-13(2)27-21-18/h4-11,17H,3,12H2,1-2H3,(H,20,23)(H,21,22). The minimum Gasteiger partial charge on any atom is -0.468 e. The summed E-state index contributed by atoms with van der Waals surface area (Å²) in [6.45, 7) is 3.60. The van der Waals surface area contributed by atoms with Gasteiger partial charge in [-0.05, 0) is 49.7 Å². The second kappa shape index (κ2) is 9.19. The van der Waals surface area contributed by atoms with Gasteiger partial charge in [0.15, 0.2) is 5.82 Å². The molecule has 0 bridgehead atoms. The van der Waals surface area contributed by atoms with Crippen LogP contribution in [0.1, 0.15) is 24.9 Å². The minimum atomic E-state index is -3.80. The molecule has 0 aliphatic rings. The summed E-state index contributed by atoms with van der Waals surface area (Å²) in [5, 5.41) is 6.19. The number of hydrogen-bond acceptors (Lipinski definition) is 7. The van der Waals surface area contributed by atoms with Crippen molar-refractivity contribution in [1.82, 2.24) is 5.16 Å². The van der Waals surface area contributed by atoms with Crippen LogP contribution in [-0.2, 0) is 20.6 Å². The molecule has 0 radical (unpaired) electrons. The summed E-state index contributed by atoms with van der Waals surface area (Å²) in [7, 11) is -3.80. The van der Waals surface area contributed by atoms with E-state index in [0.29, 0.717) is 23.6 Å². The van der Waals surface area contributed by atoms with Crippen LogP contribution in [0.2, 0.25) is 0 Å². The van der Waals surface area contributed by atoms with Crippen LogP contribution >= 0.6 is 11.8 Å². The summed E-state index contributed by atoms with van der Waals surface area (Å²) in [5.41, 5.74) is 0.517. The molecule has 0 saturated carbocycles. The van der Waals surface area contributed by atoms with Crippen molar-refractivity contribution in [3.05, 3.63) is 60.2 Å². The Morgan fingerprint density at radius 3 is 2.59 bits per heavy atom. The van der Waals surface area contributed by atoms with Crippen LogP contribution in [0.3, 0.4) is 0 Å². The number of rotatable bonds is 9. The van der Waals surface area contributed by atoms with E-state index in [0.717, 1.165) is 5.76 Å². The van der Waals surface area contributed by atoms with Crippen LogP contribution in [0.4, 0.5) is 11.5 Å². The van der Waals surface area contributed by atoms with E-state index >= 15 is 0 Å². The molecular formula is C19H21N3O5S2. The molecule has 0 aliphatic heterocycles. The molecule has 3 rings (SSSR count). The molecule has 1 atom stereocenters. The highest BCUT2D eigenvalue weighted by Gasteiger charge is 2.19. The zero-order valence-electron chi connectivity index (χ0n) is 15.9. The van der Waals surface area contributed by atoms with E-state index < -0.39 is 10.0 Å². The number of hydrogen-bond donors (Lipinski definition) is 2. The second-order valence-corrected chi connectivity index (χ2v) is 9.10. The lowest BCUT2D eigenvalue weighted by Gasteiger charge is -2.14. The van der Waals surface area contributed by atoms with E-state index in [1.54, 1.807) is 25.3 Å². The highest BCUT2D eigenvalue weighted by molar-refractivity contribution is 7.99. The Hall–Kier alpha value is -2.72. The van der Waals surface area contributed by atoms with Crippen molar-refractivity contribution < 1.29 is 22.2 Å². The maximum Gasteiger partial charge on any atom is 0.263 e. The molecule has 3 aromatic rings. The van der Waals surface area contributed by atoms with Crippen LogP contribution in [0.5, 0.6) is 0 Å². The lowest BCUT2D eigenvalue weighted by molar-refractivity contribution is -0.115. The van der Waals surface area contributed by atoms with E-state index in [4.69, 9.17) is 8.94 Å². The molecule has 29 heavy (non-hydrogen) atoms. The predicted molar refractivity (Wildman–Crippen MR) is 111 cm³/mol. The average molecular weight is 436 g/mol. The van der Waals surface area contributed by atoms with Crippen molar-refractivity contribution in [3.8, 4) is 0 Å². The fraction of sp³-hybridized carbons (Fsp3) is 0.263. The highest BCUT2D eigenvalue weighted by atomic mass is 32.2. The molecule has 0 spiro atoms. The van der Waals surface area contributed by atoms with Gasteiger partial charge in [-0.3, -0.25) is 9.52 Å². The topological polar surface area (TPSA) is 114 Å². The number of furan rings is 1. The van der Waals surface area contributed by atoms with Crippen molar-refractivity contribution in [2.24, 2.45) is 0 Å². The third kappa shape index (κ3) is 5.64. The number of carbonyl (C=O) groups is 1. The summed E-state index contributed by atoms with van der Waals surface area (Å²) in [6.07, 6.45) is 2.26. The molecule has 1 aromatic carbocycles. The Morgan fingerprint density at radius 2 is 2.00 bits per heavy atom. The van der Waals surface area contributed by atoms with Gasteiger partial charge in [0.2, 0.25) is 5.91 Å². The van der Waals surface area contributed by atoms with E-state index in [9.17, 15) is 13.2 Å². The van der Waals surface area contributed by atoms with Crippen LogP contribution in [0.25, 0.3) is 0 Å². The zero-order chi connectivity index (χ0) is 20.9. The zero-order valence-corrected chi connectivity index (χ0v) is 17.5. The van der Waals surface area contributed by atoms with Gasteiger partial charge in [0.1, 0.15) is 11.5 Å². The Kier molecular flexibility index (Phi) is 6.65. The molecule has 2 heterocycles. The third-order valence-electron chi connectivity index (χ3n) is 3.97. The van der Waals surface area contributed by atoms with Crippen molar-refractivity contribution in [3.63, 3.8) is 0 Å². The minimum absolute atomic E-state index is 0.0513. The Balaban J connectivity index is 1.60. The first-order chi connectivity index (χ1) is 13.9. The van der Waals surface area contributed by atoms with Crippen LogP contribution in [0.15, 0.2) is 62.6 Å². The number of aromatic nitrogens is 1. The van der Waals surface area contributed by atoms with Crippen molar-refractivity contribution in [1.29, 1.82) is 0 Å². The Morgan fingerprint density at radius 1 is 1.24 bits per heavy atom. The molecule has 0 aliphatic carbocycles. The van der Waals surface area contributed by atoms with Gasteiger partial charge in [-0.2, -0.15) is 0 Å². The van der Waals surface area contributed by atoms with Gasteiger partial charge in [0, 0.05) is 11.8 Å². The van der Waals surface area contributed by atoms with Gasteiger partial charge in [-0.25, -0.2) is 8.42 Å². The number of benzene rings is 1. The van der Waals surface area contributed by atoms with Crippen LogP contribution < -0.4 is 10.0 Å². The van der Waals surface area contributed by atoms with E-state index in [1.165, 1.54) is 30.0 Å². The molecule has 154 valence electrons. The fourth-order valence-corrected chi connectivity index (χ4v) is 4.47. The molecule has 10 heteroatoms. The van der Waals surface area contributed by atoms with E-state index in [1.807, 2.05) is 19.1 Å². The van der Waals surface area contributed by atoms with Crippen molar-refractivity contribution >= 4 is 39.2 Å². The predicted octanol–water partition coefficient (Wildman–Crippen LogP) is 4.03. The number of amides is 1. The van der Waals surface area contributed by atoms with E-state index in [-0.39, 0.29) is 21.9 Å². The largest absolute Gasteiger partial charge is 0.468 e. The fourth-order valence-electron chi connectivity index (χ4n) is 2.51. The quantitative estimate of drug-likeness (QED) is 0.521. The summed E-state index contributed by atoms with van der Waals surface area (Å²) >= 11 is 1.49. The summed E-state index contributed by atoms with van der Waals surface area (Å²) in [4.78, 5) is 12.6. The second-order valence-electron chi connectivity index (χ2n) is 6.23. The molecule has 8 nitrogen and oxygen atoms in total. The molecule has 2 aromatic heterocycles. The number of nitrogens with one attached hydrogen (secondary N) is 2. The number of thioether (sulfide) groups is 1. The van der Waals surface area contributed by atoms with Gasteiger partial charge in [0.25, 0.3) is 10.0 Å². The maximum absolute atomic E-state index is 12.5. The first kappa shape index (κ1) is 21.0. The molecule has 1 amide bonds. The van der Waals surface area contributed by atoms with Crippen LogP contribution in [0, 0.1) is 6.92 Å². The van der Waals surface area contributed by atoms with Gasteiger partial charge in [-0.15, -0.1) is 11.8 Å². The number of anilines is 2. The number of carbonyl (C=O) groups excluding carboxylic acids is 1. The molecule has 2 N–H and O–H groups in total. The lowest BCUT2D eigenvalue weighted by atomic mass is 10.3. The SMILES string of the molecule is CCC(SCc1ccco1)C(=O)Nc1ccc(S(=O)(=O)Nc2cc(C)on2)cc1. The summed E-state index contributed by atoms with van der Waals surface area (Å²) < 4.78 is 37.3. The number of nitrogens with zero attached hydrogens (tertiary/aromatic N) is 1. The van der Waals surface area contributed by atoms with Gasteiger partial charge < -0.3 is 14.3 Å². The van der Waals surface area contributed by atoms with Gasteiger partial charge >= 0.3 is 0 Å². The molecule has 1 unspecified atom stereocenters. The molecule has 0 saturated heterocycles. The molecule has 0 fully saturated rings. The average Bonchev–Trinajstić information content (AvgIpc) is 3.34. The number of aryl methyl sites for hydroxylation is 1. The van der Waals surface area contributed by atoms with Gasteiger partial charge in [-0.1, -0.05) is 12.1 Å². The smallest absolute Gasteiger partial charge is 0.263 e. The first-order valence-corrected chi connectivity index (χ1v) is 11.4. The maximum atomic E-state index is 12.5. The monoisotopic (exact) mass is 435 g/mol. The van der Waals surface area contributed by atoms with E-state index in [2.05, 4.69) is 15.2 Å². The lowest BCUT2D eigenvalue weighted by Crippen LogP contribution is -2.24. The highest BCUT2D eigenvalue weighted by Crippen LogP contribution is 2.23. The first-order valence-electron chi connectivity index (χ1n) is 8.88. The summed E-state index contributed by atoms with van der Waals surface area (Å²) in [6, 6.07) is 11.1. The Labute approximate surface area is 173 Å². The van der Waals surface area contributed by atoms with Gasteiger partial charge in [0.05, 0.1) is 22.2 Å². The number of sulfonamides is 1.